The minimum absolute atomic E-state index is 0.235. The Morgan fingerprint density at radius 1 is 1.29 bits per heavy atom. The van der Waals surface area contributed by atoms with Crippen LogP contribution in [-0.4, -0.2) is 42.8 Å². The van der Waals surface area contributed by atoms with Gasteiger partial charge in [0.25, 0.3) is 0 Å². The van der Waals surface area contributed by atoms with Crippen LogP contribution in [0.25, 0.3) is 0 Å². The maximum atomic E-state index is 12.9. The summed E-state index contributed by atoms with van der Waals surface area (Å²) < 4.78 is 32.6. The Morgan fingerprint density at radius 3 is 2.48 bits per heavy atom. The summed E-state index contributed by atoms with van der Waals surface area (Å²) in [6.45, 7) is 5.91. The maximum Gasteiger partial charge on any atom is 0.245 e. The highest BCUT2D eigenvalue weighted by molar-refractivity contribution is 7.89. The van der Waals surface area contributed by atoms with Crippen LogP contribution in [0.15, 0.2) is 29.2 Å². The molecule has 0 saturated carbocycles. The highest BCUT2D eigenvalue weighted by atomic mass is 32.2. The zero-order valence-corrected chi connectivity index (χ0v) is 13.5. The van der Waals surface area contributed by atoms with Crippen molar-refractivity contribution < 1.29 is 18.3 Å². The number of hydrogen-bond acceptors (Lipinski definition) is 4. The second-order valence-corrected chi connectivity index (χ2v) is 7.29. The normalized spacial score (nSPS) is 27.7. The molecule has 1 saturated heterocycles. The fourth-order valence-corrected chi connectivity index (χ4v) is 4.45. The van der Waals surface area contributed by atoms with E-state index in [1.165, 1.54) is 4.31 Å². The molecule has 5 nitrogen and oxygen atoms in total. The van der Waals surface area contributed by atoms with Gasteiger partial charge in [-0.15, -0.1) is 0 Å². The second kappa shape index (κ2) is 6.44. The van der Waals surface area contributed by atoms with Crippen LogP contribution in [0.2, 0.25) is 0 Å². The molecule has 1 heterocycles. The summed E-state index contributed by atoms with van der Waals surface area (Å²) in [7, 11) is -3.68. The molecule has 0 aliphatic carbocycles. The lowest BCUT2D eigenvalue weighted by Gasteiger charge is -2.41. The zero-order chi connectivity index (χ0) is 15.6. The number of aryl methyl sites for hydroxylation is 1. The molecule has 3 atom stereocenters. The Kier molecular flexibility index (Phi) is 5.03. The lowest BCUT2D eigenvalue weighted by atomic mass is 10.0. The second-order valence-electron chi connectivity index (χ2n) is 5.44. The Bertz CT molecular complexity index is 570. The van der Waals surface area contributed by atoms with Crippen molar-refractivity contribution in [2.45, 2.75) is 56.9 Å². The molecular weight excluding hydrogens is 290 g/mol. The average Bonchev–Trinajstić information content (AvgIpc) is 2.43. The summed E-state index contributed by atoms with van der Waals surface area (Å²) in [5.41, 5.74) is 1.00. The Balaban J connectivity index is 2.40. The van der Waals surface area contributed by atoms with Crippen LogP contribution in [0.5, 0.6) is 0 Å². The molecule has 1 aliphatic rings. The first-order valence-electron chi connectivity index (χ1n) is 7.27. The lowest BCUT2D eigenvalue weighted by molar-refractivity contribution is -0.0867. The first-order chi connectivity index (χ1) is 9.87. The van der Waals surface area contributed by atoms with Crippen LogP contribution in [0.3, 0.4) is 0 Å². The van der Waals surface area contributed by atoms with Gasteiger partial charge < -0.3 is 9.84 Å². The van der Waals surface area contributed by atoms with Crippen LogP contribution in [0.1, 0.15) is 32.3 Å². The Hall–Kier alpha value is -0.950. The third-order valence-corrected chi connectivity index (χ3v) is 5.90. The summed E-state index contributed by atoms with van der Waals surface area (Å²) in [5, 5.41) is 10.0. The predicted octanol–water partition coefficient (Wildman–Crippen LogP) is 1.89. The van der Waals surface area contributed by atoms with Crippen molar-refractivity contribution in [3.63, 3.8) is 0 Å². The first kappa shape index (κ1) is 16.4. The fraction of sp³-hybridized carbons (Fsp3) is 0.600. The smallest absolute Gasteiger partial charge is 0.245 e. The van der Waals surface area contributed by atoms with Gasteiger partial charge in [0.15, 0.2) is 0 Å². The molecule has 2 rings (SSSR count). The van der Waals surface area contributed by atoms with E-state index < -0.39 is 28.4 Å². The maximum absolute atomic E-state index is 12.9. The van der Waals surface area contributed by atoms with Crippen molar-refractivity contribution in [1.29, 1.82) is 0 Å². The molecule has 0 radical (unpaired) electrons. The Labute approximate surface area is 126 Å². The van der Waals surface area contributed by atoms with Gasteiger partial charge in [0.2, 0.25) is 10.0 Å². The molecule has 1 aromatic carbocycles. The number of aliphatic hydroxyl groups excluding tert-OH is 1. The zero-order valence-electron chi connectivity index (χ0n) is 12.7. The van der Waals surface area contributed by atoms with Crippen molar-refractivity contribution >= 4 is 10.0 Å². The van der Waals surface area contributed by atoms with Crippen molar-refractivity contribution in [1.82, 2.24) is 4.31 Å². The molecule has 0 bridgehead atoms. The van der Waals surface area contributed by atoms with Gasteiger partial charge in [-0.3, -0.25) is 0 Å². The number of rotatable bonds is 4. The molecule has 1 aromatic rings. The summed E-state index contributed by atoms with van der Waals surface area (Å²) >= 11 is 0. The van der Waals surface area contributed by atoms with E-state index in [9.17, 15) is 13.5 Å². The highest BCUT2D eigenvalue weighted by Gasteiger charge is 2.42. The number of nitrogens with zero attached hydrogens (tertiary/aromatic N) is 1. The van der Waals surface area contributed by atoms with E-state index in [0.717, 1.165) is 5.56 Å². The number of benzene rings is 1. The molecule has 21 heavy (non-hydrogen) atoms. The minimum atomic E-state index is -3.68. The number of piperidine rings is 1. The number of ether oxygens (including phenoxy) is 1. The van der Waals surface area contributed by atoms with Crippen LogP contribution < -0.4 is 0 Å². The van der Waals surface area contributed by atoms with Crippen molar-refractivity contribution in [2.75, 3.05) is 6.61 Å². The number of sulfonamides is 1. The van der Waals surface area contributed by atoms with E-state index in [-0.39, 0.29) is 4.90 Å². The molecule has 6 heteroatoms. The van der Waals surface area contributed by atoms with Crippen LogP contribution in [-0.2, 0) is 14.8 Å². The molecule has 0 spiro atoms. The molecule has 1 aliphatic heterocycles. The van der Waals surface area contributed by atoms with Gasteiger partial charge in [0.1, 0.15) is 6.23 Å². The van der Waals surface area contributed by atoms with E-state index in [4.69, 9.17) is 4.74 Å². The monoisotopic (exact) mass is 313 g/mol. The third-order valence-electron chi connectivity index (χ3n) is 3.91. The van der Waals surface area contributed by atoms with Gasteiger partial charge in [0.05, 0.1) is 17.0 Å². The molecule has 0 aromatic heterocycles. The van der Waals surface area contributed by atoms with Crippen LogP contribution in [0, 0.1) is 6.92 Å². The van der Waals surface area contributed by atoms with Gasteiger partial charge in [-0.1, -0.05) is 17.7 Å². The van der Waals surface area contributed by atoms with E-state index >= 15 is 0 Å². The molecule has 0 amide bonds. The number of aliphatic hydroxyl groups is 1. The molecule has 118 valence electrons. The van der Waals surface area contributed by atoms with Crippen molar-refractivity contribution in [3.8, 4) is 0 Å². The summed E-state index contributed by atoms with van der Waals surface area (Å²) in [4.78, 5) is 0.235. The van der Waals surface area contributed by atoms with Crippen LogP contribution in [0.4, 0.5) is 0 Å². The summed E-state index contributed by atoms with van der Waals surface area (Å²) in [5.74, 6) is 0. The first-order valence-corrected chi connectivity index (χ1v) is 8.71. The third kappa shape index (κ3) is 3.29. The fourth-order valence-electron chi connectivity index (χ4n) is 2.67. The average molecular weight is 313 g/mol. The van der Waals surface area contributed by atoms with Crippen molar-refractivity contribution in [2.24, 2.45) is 0 Å². The highest BCUT2D eigenvalue weighted by Crippen LogP contribution is 2.30. The molecule has 1 N–H and O–H groups in total. The summed E-state index contributed by atoms with van der Waals surface area (Å²) in [6.07, 6.45) is -0.127. The quantitative estimate of drug-likeness (QED) is 0.922. The largest absolute Gasteiger partial charge is 0.391 e. The van der Waals surface area contributed by atoms with E-state index in [1.807, 2.05) is 13.8 Å². The van der Waals surface area contributed by atoms with Crippen LogP contribution >= 0.6 is 0 Å². The summed E-state index contributed by atoms with van der Waals surface area (Å²) in [6, 6.07) is 6.24. The minimum Gasteiger partial charge on any atom is -0.391 e. The van der Waals surface area contributed by atoms with Gasteiger partial charge in [0, 0.05) is 6.61 Å². The Morgan fingerprint density at radius 2 is 1.90 bits per heavy atom. The molecule has 0 unspecified atom stereocenters. The number of hydrogen-bond donors (Lipinski definition) is 1. The van der Waals surface area contributed by atoms with Gasteiger partial charge in [-0.2, -0.15) is 4.31 Å². The SMILES string of the molecule is CCO[C@@H]1CC[C@H](O)[C@@H](C)N1S(=O)(=O)c1ccc(C)cc1. The van der Waals surface area contributed by atoms with E-state index in [0.29, 0.717) is 19.4 Å². The molecule has 1 fully saturated rings. The standard InChI is InChI=1S/C15H23NO4S/c1-4-20-15-10-9-14(17)12(3)16(15)21(18,19)13-7-5-11(2)6-8-13/h5-8,12,14-15,17H,4,9-10H2,1-3H3/t12-,14+,15-/m1/s1. The van der Waals surface area contributed by atoms with Gasteiger partial charge in [-0.25, -0.2) is 8.42 Å². The van der Waals surface area contributed by atoms with E-state index in [2.05, 4.69) is 0 Å². The predicted molar refractivity (Wildman–Crippen MR) is 80.3 cm³/mol. The molecular formula is C15H23NO4S. The van der Waals surface area contributed by atoms with E-state index in [1.54, 1.807) is 31.2 Å². The van der Waals surface area contributed by atoms with Crippen molar-refractivity contribution in [3.05, 3.63) is 29.8 Å². The topological polar surface area (TPSA) is 66.8 Å². The lowest BCUT2D eigenvalue weighted by Crippen LogP contribution is -2.55. The van der Waals surface area contributed by atoms with Gasteiger partial charge >= 0.3 is 0 Å². The van der Waals surface area contributed by atoms with Gasteiger partial charge in [-0.05, 0) is 45.7 Å².